The van der Waals surface area contributed by atoms with E-state index in [1.807, 2.05) is 0 Å². The quantitative estimate of drug-likeness (QED) is 0.647. The number of hydrogen-bond donors (Lipinski definition) is 2. The van der Waals surface area contributed by atoms with E-state index in [1.54, 1.807) is 12.1 Å². The Hall–Kier alpha value is -3.28. The molecule has 0 radical (unpaired) electrons. The number of carbonyl (C=O) groups is 2. The highest BCUT2D eigenvalue weighted by molar-refractivity contribution is 6.35. The predicted molar refractivity (Wildman–Crippen MR) is 94.3 cm³/mol. The molecule has 0 aliphatic rings. The first-order valence-electron chi connectivity index (χ1n) is 8.03. The van der Waals surface area contributed by atoms with E-state index < -0.39 is 34.4 Å². The number of amides is 2. The van der Waals surface area contributed by atoms with Crippen LogP contribution in [0.25, 0.3) is 0 Å². The van der Waals surface area contributed by atoms with Gasteiger partial charge >= 0.3 is 6.18 Å². The number of carbonyl (C=O) groups excluding carboxylic acids is 2. The molecular weight excluding hydrogens is 417 g/mol. The minimum atomic E-state index is -4.82. The smallest absolute Gasteiger partial charge is 0.436 e. The molecular formula is C16H14ClF3N6O3. The van der Waals surface area contributed by atoms with Gasteiger partial charge in [-0.25, -0.2) is 0 Å². The number of hydrogen-bond acceptors (Lipinski definition) is 5. The highest BCUT2D eigenvalue weighted by Gasteiger charge is 2.40. The molecule has 0 saturated carbocycles. The molecule has 13 heteroatoms. The molecule has 0 bridgehead atoms. The van der Waals surface area contributed by atoms with Gasteiger partial charge in [-0.2, -0.15) is 23.4 Å². The van der Waals surface area contributed by atoms with Crippen LogP contribution in [0, 0.1) is 0 Å². The number of anilines is 1. The average Bonchev–Trinajstić information content (AvgIpc) is 3.32. The zero-order valence-corrected chi connectivity index (χ0v) is 15.8. The fourth-order valence-electron chi connectivity index (χ4n) is 2.57. The first kappa shape index (κ1) is 20.5. The molecule has 0 aromatic carbocycles. The Balaban J connectivity index is 1.82. The van der Waals surface area contributed by atoms with E-state index in [0.29, 0.717) is 10.4 Å². The third kappa shape index (κ3) is 4.11. The zero-order chi connectivity index (χ0) is 21.3. The van der Waals surface area contributed by atoms with E-state index in [2.05, 4.69) is 20.8 Å². The number of aryl methyl sites for hydroxylation is 2. The third-order valence-corrected chi connectivity index (χ3v) is 4.24. The van der Waals surface area contributed by atoms with E-state index in [-0.39, 0.29) is 17.9 Å². The van der Waals surface area contributed by atoms with Crippen LogP contribution >= 0.6 is 11.6 Å². The third-order valence-electron chi connectivity index (χ3n) is 3.88. The summed E-state index contributed by atoms with van der Waals surface area (Å²) in [6, 6.07) is 3.32. The van der Waals surface area contributed by atoms with E-state index in [0.717, 1.165) is 7.05 Å². The summed E-state index contributed by atoms with van der Waals surface area (Å²) < 4.78 is 45.9. The monoisotopic (exact) mass is 430 g/mol. The van der Waals surface area contributed by atoms with Crippen molar-refractivity contribution in [3.8, 4) is 0 Å². The summed E-state index contributed by atoms with van der Waals surface area (Å²) in [4.78, 5) is 25.0. The molecule has 0 spiro atoms. The molecule has 0 fully saturated rings. The van der Waals surface area contributed by atoms with Crippen molar-refractivity contribution in [2.75, 3.05) is 5.32 Å². The Bertz CT molecular complexity index is 1060. The van der Waals surface area contributed by atoms with Gasteiger partial charge in [0, 0.05) is 14.1 Å². The van der Waals surface area contributed by atoms with E-state index in [1.165, 1.54) is 24.2 Å². The highest BCUT2D eigenvalue weighted by atomic mass is 35.5. The average molecular weight is 431 g/mol. The normalized spacial score (nSPS) is 11.5. The molecule has 3 aromatic rings. The standard InChI is InChI=1S/C16H14ClF3N6O3/c1-25-11(14(27)21-6-8-4-3-5-29-8)9(7-22-25)23-15(28)12-10(17)13(16(18,19)20)24-26(12)2/h3-5,7H,6H2,1-2H3,(H,21,27)(H,23,28). The molecule has 0 unspecified atom stereocenters. The molecule has 3 heterocycles. The maximum atomic E-state index is 12.9. The lowest BCUT2D eigenvalue weighted by Crippen LogP contribution is -2.27. The maximum absolute atomic E-state index is 12.9. The van der Waals surface area contributed by atoms with Crippen molar-refractivity contribution >= 4 is 29.1 Å². The van der Waals surface area contributed by atoms with Gasteiger partial charge in [-0.1, -0.05) is 11.6 Å². The second kappa shape index (κ2) is 7.62. The molecule has 2 amide bonds. The molecule has 0 atom stereocenters. The summed E-state index contributed by atoms with van der Waals surface area (Å²) >= 11 is 5.71. The first-order valence-corrected chi connectivity index (χ1v) is 8.41. The molecule has 29 heavy (non-hydrogen) atoms. The van der Waals surface area contributed by atoms with Gasteiger partial charge < -0.3 is 15.1 Å². The van der Waals surface area contributed by atoms with Crippen LogP contribution in [-0.2, 0) is 26.8 Å². The second-order valence-electron chi connectivity index (χ2n) is 5.88. The van der Waals surface area contributed by atoms with Crippen molar-refractivity contribution < 1.29 is 27.2 Å². The maximum Gasteiger partial charge on any atom is 0.436 e. The van der Waals surface area contributed by atoms with E-state index >= 15 is 0 Å². The summed E-state index contributed by atoms with van der Waals surface area (Å²) in [6.45, 7) is 0.0902. The van der Waals surface area contributed by atoms with Gasteiger partial charge in [0.15, 0.2) is 5.69 Å². The van der Waals surface area contributed by atoms with Gasteiger partial charge in [0.05, 0.1) is 24.7 Å². The summed E-state index contributed by atoms with van der Waals surface area (Å²) in [5.74, 6) is -1.05. The largest absolute Gasteiger partial charge is 0.467 e. The summed E-state index contributed by atoms with van der Waals surface area (Å²) in [5, 5.41) is 11.3. The van der Waals surface area contributed by atoms with Crippen molar-refractivity contribution in [2.24, 2.45) is 14.1 Å². The van der Waals surface area contributed by atoms with Crippen molar-refractivity contribution in [2.45, 2.75) is 12.7 Å². The second-order valence-corrected chi connectivity index (χ2v) is 6.26. The Morgan fingerprint density at radius 2 is 1.93 bits per heavy atom. The molecule has 9 nitrogen and oxygen atoms in total. The summed E-state index contributed by atoms with van der Waals surface area (Å²) in [7, 11) is 2.62. The topological polar surface area (TPSA) is 107 Å². The van der Waals surface area contributed by atoms with E-state index in [9.17, 15) is 22.8 Å². The molecule has 0 saturated heterocycles. The van der Waals surface area contributed by atoms with Gasteiger partial charge in [-0.15, -0.1) is 0 Å². The Morgan fingerprint density at radius 3 is 2.52 bits per heavy atom. The van der Waals surface area contributed by atoms with Gasteiger partial charge in [-0.3, -0.25) is 19.0 Å². The molecule has 3 aromatic heterocycles. The number of rotatable bonds is 5. The summed E-state index contributed by atoms with van der Waals surface area (Å²) in [5.41, 5.74) is -1.92. The SMILES string of the molecule is Cn1ncc(NC(=O)c2c(Cl)c(C(F)(F)F)nn2C)c1C(=O)NCc1ccco1. The van der Waals surface area contributed by atoms with Crippen LogP contribution in [0.1, 0.15) is 32.4 Å². The minimum Gasteiger partial charge on any atom is -0.467 e. The summed E-state index contributed by atoms with van der Waals surface area (Å²) in [6.07, 6.45) is -2.18. The van der Waals surface area contributed by atoms with Crippen LogP contribution in [0.3, 0.4) is 0 Å². The van der Waals surface area contributed by atoms with Crippen LogP contribution < -0.4 is 10.6 Å². The highest BCUT2D eigenvalue weighted by Crippen LogP contribution is 2.35. The lowest BCUT2D eigenvalue weighted by Gasteiger charge is -2.09. The first-order chi connectivity index (χ1) is 13.6. The van der Waals surface area contributed by atoms with Crippen LogP contribution in [0.4, 0.5) is 18.9 Å². The van der Waals surface area contributed by atoms with Crippen molar-refractivity contribution in [1.82, 2.24) is 24.9 Å². The van der Waals surface area contributed by atoms with Crippen LogP contribution in [-0.4, -0.2) is 31.4 Å². The molecule has 0 aliphatic carbocycles. The Morgan fingerprint density at radius 1 is 1.21 bits per heavy atom. The van der Waals surface area contributed by atoms with Gasteiger partial charge in [0.1, 0.15) is 22.2 Å². The van der Waals surface area contributed by atoms with Crippen LogP contribution in [0.15, 0.2) is 29.0 Å². The zero-order valence-electron chi connectivity index (χ0n) is 15.0. The van der Waals surface area contributed by atoms with Gasteiger partial charge in [0.25, 0.3) is 11.8 Å². The van der Waals surface area contributed by atoms with Gasteiger partial charge in [0.2, 0.25) is 0 Å². The fourth-order valence-corrected chi connectivity index (χ4v) is 2.92. The lowest BCUT2D eigenvalue weighted by atomic mass is 10.3. The molecule has 154 valence electrons. The minimum absolute atomic E-state index is 0.0136. The van der Waals surface area contributed by atoms with Crippen molar-refractivity contribution in [3.63, 3.8) is 0 Å². The van der Waals surface area contributed by atoms with Crippen LogP contribution in [0.5, 0.6) is 0 Å². The molecule has 3 rings (SSSR count). The molecule has 2 N–H and O–H groups in total. The number of aromatic nitrogens is 4. The number of nitrogens with one attached hydrogen (secondary N) is 2. The number of nitrogens with zero attached hydrogens (tertiary/aromatic N) is 4. The predicted octanol–water partition coefficient (Wildman–Crippen LogP) is 2.60. The number of alkyl halides is 3. The van der Waals surface area contributed by atoms with Gasteiger partial charge in [-0.05, 0) is 12.1 Å². The Kier molecular flexibility index (Phi) is 5.38. The lowest BCUT2D eigenvalue weighted by molar-refractivity contribution is -0.141. The number of halogens is 4. The van der Waals surface area contributed by atoms with E-state index in [4.69, 9.17) is 16.0 Å². The fraction of sp³-hybridized carbons (Fsp3) is 0.250. The van der Waals surface area contributed by atoms with Crippen LogP contribution in [0.2, 0.25) is 5.02 Å². The number of furan rings is 1. The van der Waals surface area contributed by atoms with Crippen molar-refractivity contribution in [3.05, 3.63) is 52.5 Å². The van der Waals surface area contributed by atoms with Crippen molar-refractivity contribution in [1.29, 1.82) is 0 Å². The molecule has 0 aliphatic heterocycles. The Labute approximate surface area is 166 Å².